The molecule has 30 heavy (non-hydrogen) atoms. The molecule has 0 atom stereocenters. The number of nitrogens with zero attached hydrogens (tertiary/aromatic N) is 3. The van der Waals surface area contributed by atoms with Gasteiger partial charge in [-0.3, -0.25) is 9.72 Å². The van der Waals surface area contributed by atoms with E-state index in [2.05, 4.69) is 20.8 Å². The number of rotatable bonds is 4. The van der Waals surface area contributed by atoms with Gasteiger partial charge in [-0.05, 0) is 12.1 Å². The second-order valence-electron chi connectivity index (χ2n) is 7.76. The van der Waals surface area contributed by atoms with Crippen LogP contribution in [0.1, 0.15) is 32.2 Å². The molecule has 5 N–H and O–H groups in total. The van der Waals surface area contributed by atoms with Crippen LogP contribution in [0.3, 0.4) is 0 Å². The van der Waals surface area contributed by atoms with Crippen LogP contribution >= 0.6 is 11.3 Å². The van der Waals surface area contributed by atoms with Crippen LogP contribution in [-0.4, -0.2) is 26.8 Å². The number of amides is 2. The highest BCUT2D eigenvalue weighted by Crippen LogP contribution is 2.29. The maximum atomic E-state index is 12.2. The molecule has 0 aliphatic heterocycles. The molecule has 3 aromatic heterocycles. The Morgan fingerprint density at radius 1 is 1.27 bits per heavy atom. The SMILES string of the molecule is CC(C)(C)c1cc(NC(=O)Nc2ccc(-c3cn4c(C=N)c(N)sc4n3)cc2)no1. The van der Waals surface area contributed by atoms with Crippen molar-refractivity contribution >= 4 is 45.0 Å². The van der Waals surface area contributed by atoms with E-state index in [0.29, 0.717) is 28.0 Å². The molecule has 0 aliphatic rings. The summed E-state index contributed by atoms with van der Waals surface area (Å²) >= 11 is 1.33. The molecule has 0 saturated heterocycles. The molecule has 154 valence electrons. The number of fused-ring (bicyclic) bond motifs is 1. The van der Waals surface area contributed by atoms with Crippen molar-refractivity contribution in [2.45, 2.75) is 26.2 Å². The first-order chi connectivity index (χ1) is 14.2. The summed E-state index contributed by atoms with van der Waals surface area (Å²) in [5.74, 6) is 1.04. The Bertz CT molecular complexity index is 1230. The Kier molecular flexibility index (Phi) is 4.78. The summed E-state index contributed by atoms with van der Waals surface area (Å²) in [6.45, 7) is 6.01. The molecule has 3 heterocycles. The molecule has 0 saturated carbocycles. The number of carbonyl (C=O) groups is 1. The second-order valence-corrected chi connectivity index (χ2v) is 8.77. The monoisotopic (exact) mass is 423 g/mol. The number of anilines is 3. The molecule has 4 aromatic rings. The first kappa shape index (κ1) is 19.6. The lowest BCUT2D eigenvalue weighted by Crippen LogP contribution is -2.19. The number of nitrogen functional groups attached to an aromatic ring is 1. The van der Waals surface area contributed by atoms with Crippen LogP contribution in [0.5, 0.6) is 0 Å². The van der Waals surface area contributed by atoms with Crippen molar-refractivity contribution in [3.63, 3.8) is 0 Å². The van der Waals surface area contributed by atoms with Crippen LogP contribution in [-0.2, 0) is 5.41 Å². The number of hydrogen-bond acceptors (Lipinski definition) is 7. The Morgan fingerprint density at radius 2 is 2.00 bits per heavy atom. The number of aromatic nitrogens is 3. The van der Waals surface area contributed by atoms with Gasteiger partial charge in [0.25, 0.3) is 0 Å². The highest BCUT2D eigenvalue weighted by atomic mass is 32.1. The number of imidazole rings is 1. The van der Waals surface area contributed by atoms with E-state index < -0.39 is 6.03 Å². The summed E-state index contributed by atoms with van der Waals surface area (Å²) in [5.41, 5.74) is 8.59. The lowest BCUT2D eigenvalue weighted by molar-refractivity contribution is 0.262. The predicted octanol–water partition coefficient (Wildman–Crippen LogP) is 4.57. The fourth-order valence-corrected chi connectivity index (χ4v) is 3.70. The number of hydrogen-bond donors (Lipinski definition) is 4. The topological polar surface area (TPSA) is 134 Å². The second kappa shape index (κ2) is 7.30. The fraction of sp³-hybridized carbons (Fsp3) is 0.200. The summed E-state index contributed by atoms with van der Waals surface area (Å²) in [6.07, 6.45) is 3.06. The van der Waals surface area contributed by atoms with Gasteiger partial charge in [0, 0.05) is 35.1 Å². The molecule has 0 unspecified atom stereocenters. The first-order valence-corrected chi connectivity index (χ1v) is 10.00. The van der Waals surface area contributed by atoms with Gasteiger partial charge in [-0.1, -0.05) is 49.4 Å². The van der Waals surface area contributed by atoms with Crippen LogP contribution in [0.25, 0.3) is 16.2 Å². The third-order valence-corrected chi connectivity index (χ3v) is 5.35. The van der Waals surface area contributed by atoms with E-state index in [9.17, 15) is 4.79 Å². The Labute approximate surface area is 176 Å². The third-order valence-electron chi connectivity index (χ3n) is 4.45. The summed E-state index contributed by atoms with van der Waals surface area (Å²) in [5, 5.41) is 17.4. The van der Waals surface area contributed by atoms with Crippen LogP contribution in [0, 0.1) is 5.41 Å². The maximum absolute atomic E-state index is 12.2. The van der Waals surface area contributed by atoms with Gasteiger partial charge < -0.3 is 21.0 Å². The first-order valence-electron chi connectivity index (χ1n) is 9.18. The normalized spacial score (nSPS) is 11.6. The Morgan fingerprint density at radius 3 is 2.63 bits per heavy atom. The van der Waals surface area contributed by atoms with Crippen molar-refractivity contribution in [3.05, 3.63) is 48.0 Å². The highest BCUT2D eigenvalue weighted by Gasteiger charge is 2.20. The number of benzene rings is 1. The van der Waals surface area contributed by atoms with Gasteiger partial charge in [0.1, 0.15) is 10.8 Å². The van der Waals surface area contributed by atoms with E-state index in [0.717, 1.165) is 16.2 Å². The average Bonchev–Trinajstić information content (AvgIpc) is 3.36. The molecule has 1 aromatic carbocycles. The number of nitrogens with one attached hydrogen (secondary N) is 3. The number of nitrogens with two attached hydrogens (primary N) is 1. The summed E-state index contributed by atoms with van der Waals surface area (Å²) < 4.78 is 7.06. The highest BCUT2D eigenvalue weighted by molar-refractivity contribution is 7.21. The van der Waals surface area contributed by atoms with Crippen LogP contribution in [0.4, 0.5) is 21.3 Å². The smallest absolute Gasteiger partial charge is 0.324 e. The minimum Gasteiger partial charge on any atom is -0.389 e. The van der Waals surface area contributed by atoms with E-state index in [1.165, 1.54) is 17.6 Å². The van der Waals surface area contributed by atoms with Gasteiger partial charge in [-0.25, -0.2) is 9.78 Å². The molecular formula is C20H21N7O2S. The molecule has 2 amide bonds. The minimum atomic E-state index is -0.412. The quantitative estimate of drug-likeness (QED) is 0.357. The third kappa shape index (κ3) is 3.77. The van der Waals surface area contributed by atoms with Crippen LogP contribution in [0.2, 0.25) is 0 Å². The lowest BCUT2D eigenvalue weighted by Gasteiger charge is -2.12. The zero-order chi connectivity index (χ0) is 21.5. The standard InChI is InChI=1S/C20H21N7O2S/c1-20(2,3)15-8-16(26-29-15)25-18(28)23-12-6-4-11(5-7-12)13-10-27-14(9-21)17(22)30-19(27)24-13/h4-10,21H,22H2,1-3H3,(H2,23,25,26,28). The summed E-state index contributed by atoms with van der Waals surface area (Å²) in [7, 11) is 0. The Hall–Kier alpha value is -3.66. The Balaban J connectivity index is 1.44. The molecule has 0 aliphatic carbocycles. The average molecular weight is 424 g/mol. The fourth-order valence-electron chi connectivity index (χ4n) is 2.85. The van der Waals surface area contributed by atoms with Gasteiger partial charge >= 0.3 is 6.03 Å². The van der Waals surface area contributed by atoms with E-state index in [1.54, 1.807) is 22.6 Å². The minimum absolute atomic E-state index is 0.188. The van der Waals surface area contributed by atoms with Crippen molar-refractivity contribution in [1.29, 1.82) is 5.41 Å². The molecule has 0 fully saturated rings. The van der Waals surface area contributed by atoms with Crippen LogP contribution < -0.4 is 16.4 Å². The predicted molar refractivity (Wildman–Crippen MR) is 119 cm³/mol. The van der Waals surface area contributed by atoms with Crippen molar-refractivity contribution in [2.24, 2.45) is 0 Å². The molecule has 0 spiro atoms. The number of thiazole rings is 1. The van der Waals surface area contributed by atoms with Crippen molar-refractivity contribution in [1.82, 2.24) is 14.5 Å². The van der Waals surface area contributed by atoms with Crippen molar-refractivity contribution in [3.8, 4) is 11.3 Å². The number of urea groups is 1. The molecule has 0 bridgehead atoms. The summed E-state index contributed by atoms with van der Waals surface area (Å²) in [6, 6.07) is 8.61. The van der Waals surface area contributed by atoms with E-state index in [4.69, 9.17) is 15.7 Å². The molecule has 9 nitrogen and oxygen atoms in total. The summed E-state index contributed by atoms with van der Waals surface area (Å²) in [4.78, 5) is 17.5. The molecule has 0 radical (unpaired) electrons. The van der Waals surface area contributed by atoms with Crippen molar-refractivity contribution in [2.75, 3.05) is 16.4 Å². The van der Waals surface area contributed by atoms with Crippen LogP contribution in [0.15, 0.2) is 41.1 Å². The largest absolute Gasteiger partial charge is 0.389 e. The van der Waals surface area contributed by atoms with Crippen molar-refractivity contribution < 1.29 is 9.32 Å². The number of carbonyl (C=O) groups excluding carboxylic acids is 1. The van der Waals surface area contributed by atoms with E-state index in [1.807, 2.05) is 39.1 Å². The van der Waals surface area contributed by atoms with Gasteiger partial charge in [-0.15, -0.1) is 0 Å². The maximum Gasteiger partial charge on any atom is 0.324 e. The van der Waals surface area contributed by atoms with E-state index >= 15 is 0 Å². The van der Waals surface area contributed by atoms with Gasteiger partial charge in [-0.2, -0.15) is 0 Å². The van der Waals surface area contributed by atoms with Gasteiger partial charge in [0.05, 0.1) is 11.4 Å². The van der Waals surface area contributed by atoms with Gasteiger partial charge in [0.2, 0.25) is 0 Å². The molecular weight excluding hydrogens is 402 g/mol. The zero-order valence-corrected chi connectivity index (χ0v) is 17.5. The van der Waals surface area contributed by atoms with Gasteiger partial charge in [0.15, 0.2) is 10.8 Å². The van der Waals surface area contributed by atoms with E-state index in [-0.39, 0.29) is 5.41 Å². The molecule has 10 heteroatoms. The molecule has 4 rings (SSSR count). The zero-order valence-electron chi connectivity index (χ0n) is 16.7. The lowest BCUT2D eigenvalue weighted by atomic mass is 9.93.